The monoisotopic (exact) mass is 220 g/mol. The summed E-state index contributed by atoms with van der Waals surface area (Å²) in [6.45, 7) is 0. The summed E-state index contributed by atoms with van der Waals surface area (Å²) in [5, 5.41) is 19.0. The summed E-state index contributed by atoms with van der Waals surface area (Å²) in [5.41, 5.74) is 0. The van der Waals surface area contributed by atoms with Gasteiger partial charge in [-0.05, 0) is 36.0 Å². The van der Waals surface area contributed by atoms with Crippen molar-refractivity contribution < 1.29 is 10.2 Å². The van der Waals surface area contributed by atoms with E-state index < -0.39 is 0 Å². The van der Waals surface area contributed by atoms with E-state index in [1.54, 1.807) is 24.5 Å². The lowest BCUT2D eigenvalue weighted by Gasteiger charge is -2.01. The van der Waals surface area contributed by atoms with E-state index in [9.17, 15) is 5.11 Å². The van der Waals surface area contributed by atoms with Crippen molar-refractivity contribution in [3.63, 3.8) is 0 Å². The van der Waals surface area contributed by atoms with E-state index in [1.807, 2.05) is 0 Å². The number of phenolic OH excluding ortho intramolecular Hbond substituents is 2. The van der Waals surface area contributed by atoms with Crippen LogP contribution in [0.5, 0.6) is 11.5 Å². The van der Waals surface area contributed by atoms with Crippen molar-refractivity contribution >= 4 is 11.8 Å². The lowest BCUT2D eigenvalue weighted by molar-refractivity contribution is 0.402. The normalized spacial score (nSPS) is 10.1. The molecule has 2 N–H and O–H groups in total. The maximum Gasteiger partial charge on any atom is 0.192 e. The van der Waals surface area contributed by atoms with Gasteiger partial charge in [-0.2, -0.15) is 0 Å². The van der Waals surface area contributed by atoms with Crippen LogP contribution in [0.3, 0.4) is 0 Å². The molecule has 2 rings (SSSR count). The molecule has 2 aromatic rings. The summed E-state index contributed by atoms with van der Waals surface area (Å²) in [6, 6.07) is 6.32. The highest BCUT2D eigenvalue weighted by Gasteiger charge is 2.03. The largest absolute Gasteiger partial charge is 0.504 e. The maximum atomic E-state index is 9.27. The van der Waals surface area contributed by atoms with Gasteiger partial charge in [-0.25, -0.2) is 9.97 Å². The van der Waals surface area contributed by atoms with Crippen LogP contribution in [0, 0.1) is 0 Å². The predicted octanol–water partition coefficient (Wildman–Crippen LogP) is 2.04. The molecular weight excluding hydrogens is 212 g/mol. The Kier molecular flexibility index (Phi) is 2.73. The quantitative estimate of drug-likeness (QED) is 0.599. The number of hydrogen-bond donors (Lipinski definition) is 2. The number of benzene rings is 1. The van der Waals surface area contributed by atoms with E-state index >= 15 is 0 Å². The number of aromatic nitrogens is 2. The van der Waals surface area contributed by atoms with E-state index in [4.69, 9.17) is 5.11 Å². The van der Waals surface area contributed by atoms with Crippen LogP contribution in [0.4, 0.5) is 0 Å². The molecule has 0 bridgehead atoms. The third kappa shape index (κ3) is 2.38. The lowest BCUT2D eigenvalue weighted by atomic mass is 10.3. The summed E-state index contributed by atoms with van der Waals surface area (Å²) in [6.07, 6.45) is 3.30. The highest BCUT2D eigenvalue weighted by molar-refractivity contribution is 7.99. The van der Waals surface area contributed by atoms with Crippen molar-refractivity contribution in [2.75, 3.05) is 0 Å². The average Bonchev–Trinajstić information content (AvgIpc) is 2.25. The van der Waals surface area contributed by atoms with Crippen LogP contribution in [0.15, 0.2) is 46.7 Å². The second-order valence-corrected chi connectivity index (χ2v) is 3.82. The molecule has 76 valence electrons. The van der Waals surface area contributed by atoms with Crippen LogP contribution in [0.1, 0.15) is 0 Å². The van der Waals surface area contributed by atoms with Gasteiger partial charge < -0.3 is 10.2 Å². The van der Waals surface area contributed by atoms with Gasteiger partial charge >= 0.3 is 0 Å². The van der Waals surface area contributed by atoms with Gasteiger partial charge in [-0.3, -0.25) is 0 Å². The van der Waals surface area contributed by atoms with Crippen molar-refractivity contribution in [2.45, 2.75) is 10.1 Å². The van der Waals surface area contributed by atoms with Crippen molar-refractivity contribution in [1.29, 1.82) is 0 Å². The first-order valence-corrected chi connectivity index (χ1v) is 5.04. The van der Waals surface area contributed by atoms with E-state index in [-0.39, 0.29) is 11.5 Å². The number of phenols is 2. The van der Waals surface area contributed by atoms with Crippen LogP contribution >= 0.6 is 11.8 Å². The molecule has 0 aliphatic carbocycles. The van der Waals surface area contributed by atoms with Gasteiger partial charge in [0.25, 0.3) is 0 Å². The Labute approximate surface area is 90.6 Å². The molecule has 0 unspecified atom stereocenters. The smallest absolute Gasteiger partial charge is 0.192 e. The second-order valence-electron chi connectivity index (χ2n) is 2.78. The van der Waals surface area contributed by atoms with Crippen molar-refractivity contribution in [3.8, 4) is 11.5 Å². The molecular formula is C10H8N2O2S. The Morgan fingerprint density at radius 2 is 1.73 bits per heavy atom. The molecule has 5 heteroatoms. The Morgan fingerprint density at radius 3 is 2.40 bits per heavy atom. The zero-order chi connectivity index (χ0) is 10.7. The number of hydrogen-bond acceptors (Lipinski definition) is 5. The molecule has 0 spiro atoms. The fraction of sp³-hybridized carbons (Fsp3) is 0. The van der Waals surface area contributed by atoms with Crippen LogP contribution in [-0.2, 0) is 0 Å². The van der Waals surface area contributed by atoms with Crippen LogP contribution in [0.25, 0.3) is 0 Å². The molecule has 0 saturated heterocycles. The fourth-order valence-electron chi connectivity index (χ4n) is 1.01. The van der Waals surface area contributed by atoms with Gasteiger partial charge in [-0.15, -0.1) is 0 Å². The minimum absolute atomic E-state index is 0.131. The second kappa shape index (κ2) is 4.18. The summed E-state index contributed by atoms with van der Waals surface area (Å²) in [5.74, 6) is -0.274. The van der Waals surface area contributed by atoms with Gasteiger partial charge in [-0.1, -0.05) is 0 Å². The fourth-order valence-corrected chi connectivity index (χ4v) is 1.75. The van der Waals surface area contributed by atoms with Crippen LogP contribution < -0.4 is 0 Å². The number of rotatable bonds is 2. The van der Waals surface area contributed by atoms with E-state index in [1.165, 1.54) is 23.9 Å². The lowest BCUT2D eigenvalue weighted by Crippen LogP contribution is -1.82. The molecule has 15 heavy (non-hydrogen) atoms. The molecule has 4 nitrogen and oxygen atoms in total. The van der Waals surface area contributed by atoms with Gasteiger partial charge in [0.05, 0.1) is 0 Å². The van der Waals surface area contributed by atoms with E-state index in [0.29, 0.717) is 5.16 Å². The first kappa shape index (κ1) is 9.79. The Bertz CT molecular complexity index is 462. The Morgan fingerprint density at radius 1 is 1.00 bits per heavy atom. The molecule has 0 fully saturated rings. The molecule has 0 amide bonds. The summed E-state index contributed by atoms with van der Waals surface area (Å²) >= 11 is 1.32. The van der Waals surface area contributed by atoms with Crippen molar-refractivity contribution in [3.05, 3.63) is 36.7 Å². The molecule has 1 heterocycles. The SMILES string of the molecule is Oc1ccc(Sc2ncccn2)cc1O. The number of aromatic hydroxyl groups is 2. The standard InChI is InChI=1S/C10H8N2O2S/c13-8-3-2-7(6-9(8)14)15-10-11-4-1-5-12-10/h1-6,13-14H. The van der Waals surface area contributed by atoms with E-state index in [0.717, 1.165) is 4.90 Å². The molecule has 1 aromatic heterocycles. The Balaban J connectivity index is 2.22. The minimum Gasteiger partial charge on any atom is -0.504 e. The van der Waals surface area contributed by atoms with Crippen molar-refractivity contribution in [1.82, 2.24) is 9.97 Å². The predicted molar refractivity (Wildman–Crippen MR) is 55.9 cm³/mol. The first-order valence-electron chi connectivity index (χ1n) is 4.22. The first-order chi connectivity index (χ1) is 7.25. The third-order valence-electron chi connectivity index (χ3n) is 1.70. The van der Waals surface area contributed by atoms with Crippen LogP contribution in [-0.4, -0.2) is 20.2 Å². The summed E-state index contributed by atoms with van der Waals surface area (Å²) < 4.78 is 0. The van der Waals surface area contributed by atoms with Crippen molar-refractivity contribution in [2.24, 2.45) is 0 Å². The average molecular weight is 220 g/mol. The number of nitrogens with zero attached hydrogens (tertiary/aromatic N) is 2. The zero-order valence-electron chi connectivity index (χ0n) is 7.66. The molecule has 1 aromatic carbocycles. The molecule has 0 saturated carbocycles. The van der Waals surface area contributed by atoms with Crippen LogP contribution in [0.2, 0.25) is 0 Å². The molecule has 0 radical (unpaired) electrons. The van der Waals surface area contributed by atoms with Gasteiger partial charge in [0.2, 0.25) is 0 Å². The van der Waals surface area contributed by atoms with Gasteiger partial charge in [0.15, 0.2) is 16.7 Å². The summed E-state index contributed by atoms with van der Waals surface area (Å²) in [4.78, 5) is 8.84. The zero-order valence-corrected chi connectivity index (χ0v) is 8.48. The summed E-state index contributed by atoms with van der Waals surface area (Å²) in [7, 11) is 0. The topological polar surface area (TPSA) is 66.2 Å². The third-order valence-corrected chi connectivity index (χ3v) is 2.58. The molecule has 0 aliphatic heterocycles. The van der Waals surface area contributed by atoms with E-state index in [2.05, 4.69) is 9.97 Å². The van der Waals surface area contributed by atoms with Gasteiger partial charge in [0, 0.05) is 17.3 Å². The minimum atomic E-state index is -0.143. The Hall–Kier alpha value is -1.75. The highest BCUT2D eigenvalue weighted by Crippen LogP contribution is 2.32. The highest BCUT2D eigenvalue weighted by atomic mass is 32.2. The maximum absolute atomic E-state index is 9.27. The molecule has 0 aliphatic rings. The van der Waals surface area contributed by atoms with Gasteiger partial charge in [0.1, 0.15) is 0 Å². The molecule has 0 atom stereocenters.